The summed E-state index contributed by atoms with van der Waals surface area (Å²) in [6, 6.07) is 8.49. The van der Waals surface area contributed by atoms with Gasteiger partial charge in [0.25, 0.3) is 0 Å². The van der Waals surface area contributed by atoms with Crippen LogP contribution in [-0.4, -0.2) is 4.98 Å². The van der Waals surface area contributed by atoms with Gasteiger partial charge in [0.2, 0.25) is 0 Å². The van der Waals surface area contributed by atoms with Crippen LogP contribution in [0.25, 0.3) is 10.9 Å². The summed E-state index contributed by atoms with van der Waals surface area (Å²) in [5.74, 6) is 0. The molecule has 0 aliphatic carbocycles. The number of aromatic nitrogens is 1. The van der Waals surface area contributed by atoms with Crippen LogP contribution in [0.3, 0.4) is 0 Å². The first-order valence-corrected chi connectivity index (χ1v) is 4.09. The highest BCUT2D eigenvalue weighted by molar-refractivity contribution is 5.79. The summed E-state index contributed by atoms with van der Waals surface area (Å²) in [7, 11) is 0. The average molecular weight is 157 g/mol. The van der Waals surface area contributed by atoms with Gasteiger partial charge in [-0.15, -0.1) is 0 Å². The number of hydrogen-bond acceptors (Lipinski definition) is 1. The lowest BCUT2D eigenvalue weighted by molar-refractivity contribution is 1.32. The Labute approximate surface area is 72.1 Å². The number of aryl methyl sites for hydroxylation is 2. The first-order valence-electron chi connectivity index (χ1n) is 4.09. The van der Waals surface area contributed by atoms with Crippen LogP contribution in [0.5, 0.6) is 0 Å². The van der Waals surface area contributed by atoms with E-state index in [-0.39, 0.29) is 0 Å². The van der Waals surface area contributed by atoms with Crippen LogP contribution in [0.15, 0.2) is 30.5 Å². The van der Waals surface area contributed by atoms with E-state index in [1.165, 1.54) is 16.5 Å². The highest BCUT2D eigenvalue weighted by atomic mass is 14.6. The van der Waals surface area contributed by atoms with Gasteiger partial charge in [0.1, 0.15) is 0 Å². The molecule has 0 spiro atoms. The van der Waals surface area contributed by atoms with E-state index in [1.807, 2.05) is 6.20 Å². The van der Waals surface area contributed by atoms with Gasteiger partial charge in [-0.25, -0.2) is 0 Å². The summed E-state index contributed by atoms with van der Waals surface area (Å²) in [4.78, 5) is 4.34. The van der Waals surface area contributed by atoms with Crippen molar-refractivity contribution in [3.63, 3.8) is 0 Å². The van der Waals surface area contributed by atoms with Crippen LogP contribution in [0.2, 0.25) is 0 Å². The van der Waals surface area contributed by atoms with Gasteiger partial charge in [0, 0.05) is 11.6 Å². The molecule has 0 fully saturated rings. The Hall–Kier alpha value is -1.37. The lowest BCUT2D eigenvalue weighted by atomic mass is 10.1. The van der Waals surface area contributed by atoms with Crippen LogP contribution in [-0.2, 0) is 0 Å². The van der Waals surface area contributed by atoms with Crippen molar-refractivity contribution >= 4 is 10.9 Å². The zero-order chi connectivity index (χ0) is 8.55. The summed E-state index contributed by atoms with van der Waals surface area (Å²) in [5.41, 5.74) is 3.56. The zero-order valence-electron chi connectivity index (χ0n) is 7.33. The SMILES string of the molecule is Cc1cnc2cc(C)ccc2c1. The molecular formula is C11H11N. The maximum atomic E-state index is 4.34. The van der Waals surface area contributed by atoms with Gasteiger partial charge < -0.3 is 0 Å². The van der Waals surface area contributed by atoms with Crippen molar-refractivity contribution < 1.29 is 0 Å². The molecule has 1 aromatic heterocycles. The third-order valence-corrected chi connectivity index (χ3v) is 1.98. The standard InChI is InChI=1S/C11H11N/c1-8-3-4-10-5-9(2)7-12-11(10)6-8/h3-7H,1-2H3. The molecule has 60 valence electrons. The highest BCUT2D eigenvalue weighted by Gasteiger charge is 1.94. The van der Waals surface area contributed by atoms with E-state index in [2.05, 4.69) is 43.1 Å². The average Bonchev–Trinajstić information content (AvgIpc) is 2.05. The Morgan fingerprint density at radius 1 is 1.00 bits per heavy atom. The minimum Gasteiger partial charge on any atom is -0.256 e. The number of rotatable bonds is 0. The van der Waals surface area contributed by atoms with Crippen LogP contribution < -0.4 is 0 Å². The number of pyridine rings is 1. The summed E-state index contributed by atoms with van der Waals surface area (Å²) >= 11 is 0. The molecule has 1 aromatic carbocycles. The maximum absolute atomic E-state index is 4.34. The Balaban J connectivity index is 2.79. The quantitative estimate of drug-likeness (QED) is 0.573. The number of fused-ring (bicyclic) bond motifs is 1. The minimum atomic E-state index is 1.08. The molecule has 12 heavy (non-hydrogen) atoms. The number of nitrogens with zero attached hydrogens (tertiary/aromatic N) is 1. The maximum Gasteiger partial charge on any atom is 0.0704 e. The Kier molecular flexibility index (Phi) is 1.58. The molecule has 2 rings (SSSR count). The molecule has 0 atom stereocenters. The van der Waals surface area contributed by atoms with E-state index in [4.69, 9.17) is 0 Å². The summed E-state index contributed by atoms with van der Waals surface area (Å²) < 4.78 is 0. The summed E-state index contributed by atoms with van der Waals surface area (Å²) in [5, 5.41) is 1.22. The lowest BCUT2D eigenvalue weighted by Crippen LogP contribution is -1.81. The van der Waals surface area contributed by atoms with E-state index < -0.39 is 0 Å². The van der Waals surface area contributed by atoms with E-state index in [9.17, 15) is 0 Å². The Morgan fingerprint density at radius 3 is 2.67 bits per heavy atom. The number of hydrogen-bond donors (Lipinski definition) is 0. The molecule has 2 aromatic rings. The molecule has 0 saturated heterocycles. The molecule has 0 amide bonds. The molecule has 0 unspecified atom stereocenters. The smallest absolute Gasteiger partial charge is 0.0704 e. The molecule has 1 heterocycles. The molecule has 0 N–H and O–H groups in total. The Bertz CT molecular complexity index is 377. The fraction of sp³-hybridized carbons (Fsp3) is 0.182. The van der Waals surface area contributed by atoms with E-state index in [0.29, 0.717) is 0 Å². The predicted molar refractivity (Wildman–Crippen MR) is 51.2 cm³/mol. The van der Waals surface area contributed by atoms with Gasteiger partial charge >= 0.3 is 0 Å². The number of benzene rings is 1. The first kappa shape index (κ1) is 7.29. The van der Waals surface area contributed by atoms with Crippen LogP contribution in [0.4, 0.5) is 0 Å². The predicted octanol–water partition coefficient (Wildman–Crippen LogP) is 2.85. The van der Waals surface area contributed by atoms with Crippen LogP contribution >= 0.6 is 0 Å². The van der Waals surface area contributed by atoms with E-state index >= 15 is 0 Å². The van der Waals surface area contributed by atoms with Crippen LogP contribution in [0.1, 0.15) is 11.1 Å². The van der Waals surface area contributed by atoms with E-state index in [0.717, 1.165) is 5.52 Å². The van der Waals surface area contributed by atoms with Gasteiger partial charge in [-0.2, -0.15) is 0 Å². The van der Waals surface area contributed by atoms with Gasteiger partial charge in [0.15, 0.2) is 0 Å². The summed E-state index contributed by atoms with van der Waals surface area (Å²) in [6.45, 7) is 4.15. The topological polar surface area (TPSA) is 12.9 Å². The molecule has 1 nitrogen and oxygen atoms in total. The fourth-order valence-corrected chi connectivity index (χ4v) is 1.34. The van der Waals surface area contributed by atoms with Crippen molar-refractivity contribution in [1.82, 2.24) is 4.98 Å². The van der Waals surface area contributed by atoms with E-state index in [1.54, 1.807) is 0 Å². The second-order valence-corrected chi connectivity index (χ2v) is 3.21. The van der Waals surface area contributed by atoms with Gasteiger partial charge in [-0.1, -0.05) is 12.1 Å². The molecular weight excluding hydrogens is 146 g/mol. The second-order valence-electron chi connectivity index (χ2n) is 3.21. The van der Waals surface area contributed by atoms with Crippen molar-refractivity contribution in [2.24, 2.45) is 0 Å². The van der Waals surface area contributed by atoms with Crippen molar-refractivity contribution in [1.29, 1.82) is 0 Å². The third kappa shape index (κ3) is 1.18. The molecule has 1 heteroatoms. The lowest BCUT2D eigenvalue weighted by Gasteiger charge is -1.98. The monoisotopic (exact) mass is 157 g/mol. The molecule has 0 radical (unpaired) electrons. The van der Waals surface area contributed by atoms with Gasteiger partial charge in [-0.05, 0) is 37.1 Å². The van der Waals surface area contributed by atoms with Crippen molar-refractivity contribution in [3.05, 3.63) is 41.6 Å². The normalized spacial score (nSPS) is 10.5. The largest absolute Gasteiger partial charge is 0.256 e. The van der Waals surface area contributed by atoms with Crippen molar-refractivity contribution in [3.8, 4) is 0 Å². The zero-order valence-corrected chi connectivity index (χ0v) is 7.33. The van der Waals surface area contributed by atoms with Crippen molar-refractivity contribution in [2.45, 2.75) is 13.8 Å². The highest BCUT2D eigenvalue weighted by Crippen LogP contribution is 2.14. The van der Waals surface area contributed by atoms with Crippen molar-refractivity contribution in [2.75, 3.05) is 0 Å². The van der Waals surface area contributed by atoms with Gasteiger partial charge in [0.05, 0.1) is 5.52 Å². The minimum absolute atomic E-state index is 1.08. The molecule has 0 bridgehead atoms. The van der Waals surface area contributed by atoms with Gasteiger partial charge in [-0.3, -0.25) is 4.98 Å². The molecule has 0 aliphatic heterocycles. The summed E-state index contributed by atoms with van der Waals surface area (Å²) in [6.07, 6.45) is 1.90. The second kappa shape index (κ2) is 2.59. The first-order chi connectivity index (χ1) is 5.75. The molecule has 0 saturated carbocycles. The third-order valence-electron chi connectivity index (χ3n) is 1.98. The fourth-order valence-electron chi connectivity index (χ4n) is 1.34. The molecule has 0 aliphatic rings. The Morgan fingerprint density at radius 2 is 1.83 bits per heavy atom. The van der Waals surface area contributed by atoms with Crippen LogP contribution in [0, 0.1) is 13.8 Å².